The minimum Gasteiger partial charge on any atom is -0.228 e. The molecular weight excluding hydrogens is 405 g/mol. The molecule has 0 aromatic heterocycles. The highest BCUT2D eigenvalue weighted by Crippen LogP contribution is 2.35. The van der Waals surface area contributed by atoms with Crippen molar-refractivity contribution in [3.63, 3.8) is 0 Å². The molecule has 0 unspecified atom stereocenters. The number of sulfonamides is 1. The second-order valence-electron chi connectivity index (χ2n) is 6.82. The zero-order valence-corrected chi connectivity index (χ0v) is 17.1. The van der Waals surface area contributed by atoms with Crippen LogP contribution in [0.3, 0.4) is 0 Å². The summed E-state index contributed by atoms with van der Waals surface area (Å²) >= 11 is 12.0. The van der Waals surface area contributed by atoms with E-state index in [2.05, 4.69) is 0 Å². The molecule has 1 aliphatic carbocycles. The monoisotopic (exact) mass is 425 g/mol. The minimum absolute atomic E-state index is 0.000824. The lowest BCUT2D eigenvalue weighted by Crippen LogP contribution is -2.58. The van der Waals surface area contributed by atoms with Crippen LogP contribution >= 0.6 is 23.2 Å². The minimum atomic E-state index is -3.82. The summed E-state index contributed by atoms with van der Waals surface area (Å²) < 4.78 is 52.0. The summed E-state index contributed by atoms with van der Waals surface area (Å²) in [5, 5.41) is -0.491. The maximum atomic E-state index is 12.8. The molecule has 1 aromatic carbocycles. The second kappa shape index (κ2) is 7.00. The van der Waals surface area contributed by atoms with Gasteiger partial charge in [-0.15, -0.1) is 0 Å². The van der Waals surface area contributed by atoms with Gasteiger partial charge in [-0.1, -0.05) is 42.5 Å². The molecule has 1 heterocycles. The molecule has 2 aliphatic rings. The fourth-order valence-corrected chi connectivity index (χ4v) is 8.27. The highest BCUT2D eigenvalue weighted by molar-refractivity contribution is 7.93. The molecule has 25 heavy (non-hydrogen) atoms. The quantitative estimate of drug-likeness (QED) is 0.740. The lowest BCUT2D eigenvalue weighted by Gasteiger charge is -2.40. The Labute approximate surface area is 159 Å². The van der Waals surface area contributed by atoms with Crippen molar-refractivity contribution in [2.45, 2.75) is 54.4 Å². The fourth-order valence-electron chi connectivity index (χ4n) is 3.44. The van der Waals surface area contributed by atoms with Gasteiger partial charge in [-0.3, -0.25) is 0 Å². The van der Waals surface area contributed by atoms with E-state index in [1.807, 2.05) is 0 Å². The van der Waals surface area contributed by atoms with Gasteiger partial charge in [0.05, 0.1) is 15.5 Å². The van der Waals surface area contributed by atoms with Gasteiger partial charge in [-0.25, -0.2) is 16.8 Å². The van der Waals surface area contributed by atoms with Gasteiger partial charge in [-0.2, -0.15) is 4.31 Å². The van der Waals surface area contributed by atoms with E-state index in [4.69, 9.17) is 23.2 Å². The van der Waals surface area contributed by atoms with Crippen molar-refractivity contribution in [1.82, 2.24) is 4.31 Å². The van der Waals surface area contributed by atoms with Crippen LogP contribution in [0.5, 0.6) is 0 Å². The van der Waals surface area contributed by atoms with Crippen LogP contribution in [0.4, 0.5) is 0 Å². The summed E-state index contributed by atoms with van der Waals surface area (Å²) in [6.45, 7) is 1.70. The lowest BCUT2D eigenvalue weighted by molar-refractivity contribution is 0.306. The van der Waals surface area contributed by atoms with E-state index in [9.17, 15) is 16.8 Å². The van der Waals surface area contributed by atoms with Crippen LogP contribution in [0, 0.1) is 6.92 Å². The SMILES string of the molecule is Cc1cc(S(=O)(=O)N2CC(S(=O)(=O)C3CCCCC3)C2)c(Cl)cc1Cl. The standard InChI is InChI=1S/C16H21Cl2NO4S2/c1-11-7-16(15(18)8-14(11)17)25(22,23)19-9-13(10-19)24(20,21)12-5-3-2-4-6-12/h7-8,12-13H,2-6,9-10H2,1H3. The number of hydrogen-bond donors (Lipinski definition) is 0. The highest BCUT2D eigenvalue weighted by Gasteiger charge is 2.46. The van der Waals surface area contributed by atoms with Crippen molar-refractivity contribution in [3.05, 3.63) is 27.7 Å². The molecule has 0 radical (unpaired) electrons. The molecule has 1 saturated heterocycles. The first-order valence-electron chi connectivity index (χ1n) is 8.32. The summed E-state index contributed by atoms with van der Waals surface area (Å²) in [4.78, 5) is -0.0235. The number of aryl methyl sites for hydroxylation is 1. The molecule has 1 aromatic rings. The van der Waals surface area contributed by atoms with E-state index in [-0.39, 0.29) is 28.3 Å². The molecule has 9 heteroatoms. The zero-order valence-electron chi connectivity index (χ0n) is 13.9. The summed E-state index contributed by atoms with van der Waals surface area (Å²) in [7, 11) is -7.10. The molecule has 0 spiro atoms. The van der Waals surface area contributed by atoms with Crippen molar-refractivity contribution in [2.75, 3.05) is 13.1 Å². The van der Waals surface area contributed by atoms with Crippen LogP contribution < -0.4 is 0 Å². The average Bonchev–Trinajstić information content (AvgIpc) is 2.49. The molecule has 3 rings (SSSR count). The van der Waals surface area contributed by atoms with E-state index in [0.29, 0.717) is 23.4 Å². The Balaban J connectivity index is 1.76. The van der Waals surface area contributed by atoms with Gasteiger partial charge in [0.15, 0.2) is 9.84 Å². The van der Waals surface area contributed by atoms with Crippen molar-refractivity contribution in [3.8, 4) is 0 Å². The third kappa shape index (κ3) is 3.58. The summed E-state index contributed by atoms with van der Waals surface area (Å²) in [6, 6.07) is 2.84. The van der Waals surface area contributed by atoms with Crippen LogP contribution in [0.25, 0.3) is 0 Å². The maximum Gasteiger partial charge on any atom is 0.244 e. The molecule has 140 valence electrons. The Kier molecular flexibility index (Phi) is 5.44. The Hall–Kier alpha value is -0.340. The smallest absolute Gasteiger partial charge is 0.228 e. The van der Waals surface area contributed by atoms with Crippen LogP contribution in [-0.2, 0) is 19.9 Å². The van der Waals surface area contributed by atoms with Crippen LogP contribution in [0.1, 0.15) is 37.7 Å². The lowest BCUT2D eigenvalue weighted by atomic mass is 10.0. The van der Waals surface area contributed by atoms with Gasteiger partial charge >= 0.3 is 0 Å². The summed E-state index contributed by atoms with van der Waals surface area (Å²) in [5.74, 6) is 0. The van der Waals surface area contributed by atoms with Crippen LogP contribution in [0.15, 0.2) is 17.0 Å². The first kappa shape index (κ1) is 19.4. The summed E-state index contributed by atoms with van der Waals surface area (Å²) in [5.41, 5.74) is 0.608. The van der Waals surface area contributed by atoms with E-state index < -0.39 is 25.1 Å². The third-order valence-electron chi connectivity index (χ3n) is 5.13. The van der Waals surface area contributed by atoms with Crippen molar-refractivity contribution >= 4 is 43.1 Å². The Morgan fingerprint density at radius 3 is 2.12 bits per heavy atom. The predicted molar refractivity (Wildman–Crippen MR) is 99.5 cm³/mol. The van der Waals surface area contributed by atoms with Crippen LogP contribution in [-0.4, -0.2) is 44.7 Å². The maximum absolute atomic E-state index is 12.8. The van der Waals surface area contributed by atoms with Crippen LogP contribution in [0.2, 0.25) is 10.0 Å². The van der Waals surface area contributed by atoms with Crippen molar-refractivity contribution < 1.29 is 16.8 Å². The Morgan fingerprint density at radius 1 is 0.920 bits per heavy atom. The number of benzene rings is 1. The van der Waals surface area contributed by atoms with Crippen molar-refractivity contribution in [2.24, 2.45) is 0 Å². The molecule has 0 atom stereocenters. The first-order valence-corrected chi connectivity index (χ1v) is 12.1. The largest absolute Gasteiger partial charge is 0.244 e. The third-order valence-corrected chi connectivity index (χ3v) is 10.5. The average molecular weight is 426 g/mol. The topological polar surface area (TPSA) is 71.5 Å². The zero-order chi connectivity index (χ0) is 18.4. The van der Waals surface area contributed by atoms with Gasteiger partial charge in [-0.05, 0) is 37.5 Å². The fraction of sp³-hybridized carbons (Fsp3) is 0.625. The van der Waals surface area contributed by atoms with E-state index >= 15 is 0 Å². The predicted octanol–water partition coefficient (Wildman–Crippen LogP) is 3.42. The Morgan fingerprint density at radius 2 is 1.52 bits per heavy atom. The molecule has 1 saturated carbocycles. The van der Waals surface area contributed by atoms with Gasteiger partial charge in [0.2, 0.25) is 10.0 Å². The number of rotatable bonds is 4. The molecule has 0 bridgehead atoms. The highest BCUT2D eigenvalue weighted by atomic mass is 35.5. The molecule has 5 nitrogen and oxygen atoms in total. The van der Waals surface area contributed by atoms with Gasteiger partial charge in [0.1, 0.15) is 4.90 Å². The molecule has 0 N–H and O–H groups in total. The number of hydrogen-bond acceptors (Lipinski definition) is 4. The van der Waals surface area contributed by atoms with E-state index in [1.54, 1.807) is 6.92 Å². The number of nitrogens with zero attached hydrogens (tertiary/aromatic N) is 1. The molecular formula is C16H21Cl2NO4S2. The van der Waals surface area contributed by atoms with Crippen molar-refractivity contribution in [1.29, 1.82) is 0 Å². The van der Waals surface area contributed by atoms with E-state index in [1.165, 1.54) is 16.4 Å². The van der Waals surface area contributed by atoms with Gasteiger partial charge in [0.25, 0.3) is 0 Å². The molecule has 1 aliphatic heterocycles. The normalized spacial score (nSPS) is 21.2. The molecule has 0 amide bonds. The summed E-state index contributed by atoms with van der Waals surface area (Å²) in [6.07, 6.45) is 4.31. The first-order chi connectivity index (χ1) is 11.6. The van der Waals surface area contributed by atoms with Gasteiger partial charge < -0.3 is 0 Å². The number of halogens is 2. The Bertz CT molecular complexity index is 872. The number of sulfone groups is 1. The van der Waals surface area contributed by atoms with E-state index in [0.717, 1.165) is 19.3 Å². The second-order valence-corrected chi connectivity index (χ2v) is 12.1. The molecule has 2 fully saturated rings. The van der Waals surface area contributed by atoms with Gasteiger partial charge in [0, 0.05) is 18.1 Å².